The minimum absolute atomic E-state index is 0.0829. The first kappa shape index (κ1) is 16.9. The van der Waals surface area contributed by atoms with Crippen molar-refractivity contribution in [1.82, 2.24) is 0 Å². The van der Waals surface area contributed by atoms with E-state index in [-0.39, 0.29) is 12.5 Å². The van der Waals surface area contributed by atoms with Crippen molar-refractivity contribution in [2.75, 3.05) is 11.9 Å². The molecule has 0 heterocycles. The summed E-state index contributed by atoms with van der Waals surface area (Å²) in [6, 6.07) is 12.8. The molecular weight excluding hydrogens is 312 g/mol. The number of nitrogens with one attached hydrogen (secondary N) is 1. The van der Waals surface area contributed by atoms with Crippen molar-refractivity contribution in [3.8, 4) is 11.8 Å². The van der Waals surface area contributed by atoms with E-state index in [2.05, 4.69) is 11.4 Å². The summed E-state index contributed by atoms with van der Waals surface area (Å²) in [6.45, 7) is 3.70. The van der Waals surface area contributed by atoms with Crippen molar-refractivity contribution in [2.45, 2.75) is 20.3 Å². The number of halogens is 1. The molecule has 0 aromatic heterocycles. The van der Waals surface area contributed by atoms with E-state index in [0.29, 0.717) is 22.9 Å². The van der Waals surface area contributed by atoms with Crippen LogP contribution in [0.5, 0.6) is 5.75 Å². The number of anilines is 1. The number of nitriles is 1. The minimum atomic E-state index is -0.247. The van der Waals surface area contributed by atoms with Crippen LogP contribution in [0.15, 0.2) is 36.4 Å². The van der Waals surface area contributed by atoms with Crippen LogP contribution in [0.2, 0.25) is 5.02 Å². The van der Waals surface area contributed by atoms with Crippen LogP contribution in [0.4, 0.5) is 5.69 Å². The molecule has 0 spiro atoms. The lowest BCUT2D eigenvalue weighted by molar-refractivity contribution is -0.118. The van der Waals surface area contributed by atoms with Crippen LogP contribution in [0, 0.1) is 25.2 Å². The molecule has 0 unspecified atom stereocenters. The molecule has 0 atom stereocenters. The smallest absolute Gasteiger partial charge is 0.262 e. The molecule has 1 amide bonds. The van der Waals surface area contributed by atoms with Crippen LogP contribution in [-0.4, -0.2) is 12.5 Å². The van der Waals surface area contributed by atoms with E-state index in [1.165, 1.54) is 0 Å². The van der Waals surface area contributed by atoms with Gasteiger partial charge in [0.25, 0.3) is 5.91 Å². The lowest BCUT2D eigenvalue weighted by Gasteiger charge is -2.10. The molecule has 1 N–H and O–H groups in total. The van der Waals surface area contributed by atoms with E-state index < -0.39 is 0 Å². The average Bonchev–Trinajstić information content (AvgIpc) is 2.52. The second-order valence-corrected chi connectivity index (χ2v) is 5.62. The molecule has 0 saturated carbocycles. The van der Waals surface area contributed by atoms with Crippen LogP contribution in [0.3, 0.4) is 0 Å². The highest BCUT2D eigenvalue weighted by Crippen LogP contribution is 2.25. The van der Waals surface area contributed by atoms with Crippen molar-refractivity contribution in [3.63, 3.8) is 0 Å². The largest absolute Gasteiger partial charge is 0.484 e. The van der Waals surface area contributed by atoms with E-state index in [9.17, 15) is 4.79 Å². The van der Waals surface area contributed by atoms with Crippen LogP contribution in [0.25, 0.3) is 0 Å². The number of ether oxygens (including phenoxy) is 1. The summed E-state index contributed by atoms with van der Waals surface area (Å²) < 4.78 is 5.51. The Morgan fingerprint density at radius 3 is 2.39 bits per heavy atom. The van der Waals surface area contributed by atoms with Crippen LogP contribution in [0.1, 0.15) is 16.7 Å². The van der Waals surface area contributed by atoms with E-state index >= 15 is 0 Å². The SMILES string of the molecule is Cc1cc(OCC(=O)Nc2ccc(CC#N)cc2)cc(C)c1Cl. The maximum atomic E-state index is 11.9. The number of nitrogens with zero attached hydrogens (tertiary/aromatic N) is 1. The zero-order valence-electron chi connectivity index (χ0n) is 13.0. The number of hydrogen-bond donors (Lipinski definition) is 1. The number of benzene rings is 2. The highest BCUT2D eigenvalue weighted by Gasteiger charge is 2.07. The zero-order valence-corrected chi connectivity index (χ0v) is 13.8. The maximum absolute atomic E-state index is 11.9. The molecule has 4 nitrogen and oxygen atoms in total. The normalized spacial score (nSPS) is 10.0. The second kappa shape index (κ2) is 7.66. The number of carbonyl (C=O) groups excluding carboxylic acids is 1. The Bertz CT molecular complexity index is 726. The number of hydrogen-bond acceptors (Lipinski definition) is 3. The van der Waals surface area contributed by atoms with E-state index in [0.717, 1.165) is 16.7 Å². The Labute approximate surface area is 140 Å². The summed E-state index contributed by atoms with van der Waals surface area (Å²) in [5.41, 5.74) is 3.41. The van der Waals surface area contributed by atoms with Gasteiger partial charge in [0.05, 0.1) is 12.5 Å². The average molecular weight is 329 g/mol. The first-order valence-electron chi connectivity index (χ1n) is 7.15. The molecule has 2 aromatic rings. The molecule has 0 aliphatic carbocycles. The van der Waals surface area contributed by atoms with Gasteiger partial charge >= 0.3 is 0 Å². The molecule has 0 bridgehead atoms. The van der Waals surface area contributed by atoms with Gasteiger partial charge < -0.3 is 10.1 Å². The van der Waals surface area contributed by atoms with Crippen molar-refractivity contribution in [1.29, 1.82) is 5.26 Å². The Hall–Kier alpha value is -2.51. The zero-order chi connectivity index (χ0) is 16.8. The maximum Gasteiger partial charge on any atom is 0.262 e. The fraction of sp³-hybridized carbons (Fsp3) is 0.222. The predicted molar refractivity (Wildman–Crippen MR) is 90.8 cm³/mol. The fourth-order valence-corrected chi connectivity index (χ4v) is 2.24. The molecular formula is C18H17ClN2O2. The topological polar surface area (TPSA) is 62.1 Å². The quantitative estimate of drug-likeness (QED) is 0.901. The molecule has 0 saturated heterocycles. The molecule has 0 radical (unpaired) electrons. The summed E-state index contributed by atoms with van der Waals surface area (Å²) in [5.74, 6) is 0.368. The molecule has 0 aliphatic rings. The molecule has 0 fully saturated rings. The first-order chi connectivity index (χ1) is 11.0. The van der Waals surface area contributed by atoms with E-state index in [1.54, 1.807) is 24.3 Å². The van der Waals surface area contributed by atoms with Gasteiger partial charge in [0.15, 0.2) is 6.61 Å². The lowest BCUT2D eigenvalue weighted by Crippen LogP contribution is -2.20. The summed E-state index contributed by atoms with van der Waals surface area (Å²) in [4.78, 5) is 11.9. The fourth-order valence-electron chi connectivity index (χ4n) is 2.13. The molecule has 23 heavy (non-hydrogen) atoms. The van der Waals surface area contributed by atoms with E-state index in [1.807, 2.05) is 26.0 Å². The molecule has 2 aromatic carbocycles. The Morgan fingerprint density at radius 2 is 1.83 bits per heavy atom. The van der Waals surface area contributed by atoms with Crippen molar-refractivity contribution >= 4 is 23.2 Å². The summed E-state index contributed by atoms with van der Waals surface area (Å²) >= 11 is 6.10. The van der Waals surface area contributed by atoms with Gasteiger partial charge in [-0.1, -0.05) is 23.7 Å². The summed E-state index contributed by atoms with van der Waals surface area (Å²) in [6.07, 6.45) is 0.354. The van der Waals surface area contributed by atoms with Crippen molar-refractivity contribution < 1.29 is 9.53 Å². The highest BCUT2D eigenvalue weighted by atomic mass is 35.5. The van der Waals surface area contributed by atoms with Gasteiger partial charge in [-0.2, -0.15) is 5.26 Å². The molecule has 5 heteroatoms. The number of amides is 1. The van der Waals surface area contributed by atoms with Crippen molar-refractivity contribution in [2.24, 2.45) is 0 Å². The van der Waals surface area contributed by atoms with E-state index in [4.69, 9.17) is 21.6 Å². The minimum Gasteiger partial charge on any atom is -0.484 e. The Morgan fingerprint density at radius 1 is 1.22 bits per heavy atom. The van der Waals surface area contributed by atoms with Gasteiger partial charge in [-0.25, -0.2) is 0 Å². The standard InChI is InChI=1S/C18H17ClN2O2/c1-12-9-16(10-13(2)18(12)19)23-11-17(22)21-15-5-3-14(4-6-15)7-8-20/h3-6,9-10H,7,11H2,1-2H3,(H,21,22). The number of carbonyl (C=O) groups is 1. The first-order valence-corrected chi connectivity index (χ1v) is 7.52. The molecule has 2 rings (SSSR count). The molecule has 118 valence electrons. The second-order valence-electron chi connectivity index (χ2n) is 5.24. The Balaban J connectivity index is 1.91. The van der Waals surface area contributed by atoms with Crippen LogP contribution in [-0.2, 0) is 11.2 Å². The van der Waals surface area contributed by atoms with Gasteiger partial charge in [-0.05, 0) is 54.8 Å². The van der Waals surface area contributed by atoms with Gasteiger partial charge in [0.1, 0.15) is 5.75 Å². The predicted octanol–water partition coefficient (Wildman–Crippen LogP) is 4.04. The third kappa shape index (κ3) is 4.73. The van der Waals surface area contributed by atoms with Crippen LogP contribution < -0.4 is 10.1 Å². The lowest BCUT2D eigenvalue weighted by atomic mass is 10.1. The van der Waals surface area contributed by atoms with Gasteiger partial charge in [0.2, 0.25) is 0 Å². The highest BCUT2D eigenvalue weighted by molar-refractivity contribution is 6.32. The van der Waals surface area contributed by atoms with Gasteiger partial charge in [-0.15, -0.1) is 0 Å². The third-order valence-corrected chi connectivity index (χ3v) is 3.90. The Kier molecular flexibility index (Phi) is 5.61. The number of rotatable bonds is 5. The van der Waals surface area contributed by atoms with Gasteiger partial charge in [0, 0.05) is 10.7 Å². The van der Waals surface area contributed by atoms with Crippen molar-refractivity contribution in [3.05, 3.63) is 58.1 Å². The summed E-state index contributed by atoms with van der Waals surface area (Å²) in [5, 5.41) is 12.1. The number of aryl methyl sites for hydroxylation is 2. The monoisotopic (exact) mass is 328 g/mol. The molecule has 0 aliphatic heterocycles. The summed E-state index contributed by atoms with van der Waals surface area (Å²) in [7, 11) is 0. The van der Waals surface area contributed by atoms with Gasteiger partial charge in [-0.3, -0.25) is 4.79 Å². The van der Waals surface area contributed by atoms with Crippen LogP contribution >= 0.6 is 11.6 Å². The third-order valence-electron chi connectivity index (χ3n) is 3.30.